The first-order valence-electron chi connectivity index (χ1n) is 7.10. The van der Waals surface area contributed by atoms with Gasteiger partial charge in [-0.25, -0.2) is 0 Å². The molecule has 4 nitrogen and oxygen atoms in total. The van der Waals surface area contributed by atoms with E-state index in [1.54, 1.807) is 6.08 Å². The molecule has 0 aromatic heterocycles. The van der Waals surface area contributed by atoms with Gasteiger partial charge in [0.1, 0.15) is 0 Å². The molecule has 0 aromatic carbocycles. The quantitative estimate of drug-likeness (QED) is 0.424. The number of carbonyl (C=O) groups is 1. The Morgan fingerprint density at radius 1 is 1.10 bits per heavy atom. The summed E-state index contributed by atoms with van der Waals surface area (Å²) in [5, 5.41) is 21.3. The second-order valence-electron chi connectivity index (χ2n) is 4.60. The van der Waals surface area contributed by atoms with Crippen molar-refractivity contribution >= 4 is 5.91 Å². The molecule has 3 N–H and O–H groups in total. The van der Waals surface area contributed by atoms with Crippen LogP contribution in [0.25, 0.3) is 0 Å². The normalized spacial score (nSPS) is 15.2. The smallest absolute Gasteiger partial charge is 0.217 e. The Bertz CT molecular complexity index is 335. The predicted molar refractivity (Wildman–Crippen MR) is 82.3 cm³/mol. The molecule has 2 atom stereocenters. The molecule has 114 valence electrons. The molecular weight excluding hydrogens is 254 g/mol. The maximum absolute atomic E-state index is 10.9. The summed E-state index contributed by atoms with van der Waals surface area (Å²) in [6, 6.07) is -0.639. The van der Waals surface area contributed by atoms with Gasteiger partial charge in [0, 0.05) is 6.92 Å². The lowest BCUT2D eigenvalue weighted by atomic mass is 10.1. The number of aliphatic hydroxyl groups is 2. The van der Waals surface area contributed by atoms with Gasteiger partial charge in [0.2, 0.25) is 5.91 Å². The van der Waals surface area contributed by atoms with Crippen LogP contribution >= 0.6 is 0 Å². The first-order chi connectivity index (χ1) is 9.61. The van der Waals surface area contributed by atoms with Crippen molar-refractivity contribution in [2.75, 3.05) is 6.61 Å². The molecule has 0 bridgehead atoms. The zero-order valence-corrected chi connectivity index (χ0v) is 12.5. The molecule has 1 amide bonds. The van der Waals surface area contributed by atoms with Crippen LogP contribution in [0.1, 0.15) is 39.5 Å². The van der Waals surface area contributed by atoms with Crippen LogP contribution in [0.15, 0.2) is 36.5 Å². The number of allylic oxidation sites excluding steroid dienone is 5. The fourth-order valence-electron chi connectivity index (χ4n) is 1.66. The molecule has 4 heteroatoms. The largest absolute Gasteiger partial charge is 0.394 e. The Balaban J connectivity index is 3.84. The van der Waals surface area contributed by atoms with E-state index in [-0.39, 0.29) is 12.5 Å². The lowest BCUT2D eigenvalue weighted by Crippen LogP contribution is -2.44. The minimum absolute atomic E-state index is 0.263. The van der Waals surface area contributed by atoms with Gasteiger partial charge in [-0.05, 0) is 32.6 Å². The number of carbonyl (C=O) groups excluding carboxylic acids is 1. The third-order valence-corrected chi connectivity index (χ3v) is 2.73. The first-order valence-corrected chi connectivity index (χ1v) is 7.10. The summed E-state index contributed by atoms with van der Waals surface area (Å²) in [5.74, 6) is -0.263. The summed E-state index contributed by atoms with van der Waals surface area (Å²) in [7, 11) is 0. The minimum atomic E-state index is -0.859. The lowest BCUT2D eigenvalue weighted by Gasteiger charge is -2.18. The Labute approximate surface area is 121 Å². The van der Waals surface area contributed by atoms with Crippen molar-refractivity contribution in [3.63, 3.8) is 0 Å². The van der Waals surface area contributed by atoms with E-state index in [4.69, 9.17) is 5.11 Å². The van der Waals surface area contributed by atoms with Gasteiger partial charge in [0.15, 0.2) is 0 Å². The van der Waals surface area contributed by atoms with E-state index in [0.717, 1.165) is 25.7 Å². The molecule has 0 aliphatic heterocycles. The number of hydrogen-bond donors (Lipinski definition) is 3. The highest BCUT2D eigenvalue weighted by atomic mass is 16.3. The number of nitrogens with one attached hydrogen (secondary N) is 1. The average Bonchev–Trinajstić information content (AvgIpc) is 2.42. The van der Waals surface area contributed by atoms with Gasteiger partial charge in [0.25, 0.3) is 0 Å². The van der Waals surface area contributed by atoms with Gasteiger partial charge in [-0.1, -0.05) is 36.5 Å². The van der Waals surface area contributed by atoms with Gasteiger partial charge in [0.05, 0.1) is 18.8 Å². The predicted octanol–water partition coefficient (Wildman–Crippen LogP) is 2.09. The first kappa shape index (κ1) is 18.6. The van der Waals surface area contributed by atoms with Crippen LogP contribution in [-0.4, -0.2) is 34.9 Å². The van der Waals surface area contributed by atoms with Crippen LogP contribution in [0.2, 0.25) is 0 Å². The van der Waals surface area contributed by atoms with Crippen molar-refractivity contribution in [2.45, 2.75) is 51.7 Å². The zero-order chi connectivity index (χ0) is 15.2. The molecule has 0 rings (SSSR count). The molecule has 0 fully saturated rings. The number of aliphatic hydroxyl groups excluding tert-OH is 2. The van der Waals surface area contributed by atoms with Crippen molar-refractivity contribution in [3.8, 4) is 0 Å². The van der Waals surface area contributed by atoms with E-state index >= 15 is 0 Å². The van der Waals surface area contributed by atoms with Crippen LogP contribution in [0.3, 0.4) is 0 Å². The fourth-order valence-corrected chi connectivity index (χ4v) is 1.66. The second-order valence-corrected chi connectivity index (χ2v) is 4.60. The molecule has 0 aliphatic carbocycles. The Kier molecular flexibility index (Phi) is 11.8. The average molecular weight is 281 g/mol. The van der Waals surface area contributed by atoms with Crippen LogP contribution in [0.5, 0.6) is 0 Å². The molecule has 0 aliphatic rings. The van der Waals surface area contributed by atoms with E-state index < -0.39 is 12.1 Å². The Morgan fingerprint density at radius 2 is 1.65 bits per heavy atom. The molecule has 0 saturated heterocycles. The van der Waals surface area contributed by atoms with Crippen molar-refractivity contribution in [1.29, 1.82) is 0 Å². The van der Waals surface area contributed by atoms with Gasteiger partial charge in [-0.15, -0.1) is 0 Å². The number of unbranched alkanes of at least 4 members (excludes halogenated alkanes) is 2. The lowest BCUT2D eigenvalue weighted by molar-refractivity contribution is -0.120. The number of amides is 1. The highest BCUT2D eigenvalue weighted by molar-refractivity contribution is 5.73. The monoisotopic (exact) mass is 281 g/mol. The van der Waals surface area contributed by atoms with Crippen LogP contribution in [0.4, 0.5) is 0 Å². The molecule has 0 heterocycles. The maximum Gasteiger partial charge on any atom is 0.217 e. The van der Waals surface area contributed by atoms with Crippen molar-refractivity contribution < 1.29 is 15.0 Å². The van der Waals surface area contributed by atoms with Crippen molar-refractivity contribution in [3.05, 3.63) is 36.5 Å². The minimum Gasteiger partial charge on any atom is -0.394 e. The Hall–Kier alpha value is -1.39. The van der Waals surface area contributed by atoms with Gasteiger partial charge >= 0.3 is 0 Å². The molecular formula is C16H27NO3. The van der Waals surface area contributed by atoms with Gasteiger partial charge in [-0.2, -0.15) is 0 Å². The van der Waals surface area contributed by atoms with Crippen LogP contribution in [-0.2, 0) is 4.79 Å². The fraction of sp³-hybridized carbons (Fsp3) is 0.562. The van der Waals surface area contributed by atoms with Gasteiger partial charge < -0.3 is 15.5 Å². The van der Waals surface area contributed by atoms with E-state index in [9.17, 15) is 9.90 Å². The standard InChI is InChI=1S/C16H27NO3/c1-3-4-5-6-7-8-9-10-11-12-16(20)15(13-18)17-14(2)19/h3-4,7-8,11-12,15-16,18,20H,5-6,9-10,13H2,1-2H3,(H,17,19)/b4-3+,8-7+,12-11+. The van der Waals surface area contributed by atoms with E-state index in [0.29, 0.717) is 0 Å². The Morgan fingerprint density at radius 3 is 2.15 bits per heavy atom. The summed E-state index contributed by atoms with van der Waals surface area (Å²) in [6.07, 6.45) is 14.9. The highest BCUT2D eigenvalue weighted by Crippen LogP contribution is 2.01. The second kappa shape index (κ2) is 12.6. The van der Waals surface area contributed by atoms with Crippen LogP contribution < -0.4 is 5.32 Å². The van der Waals surface area contributed by atoms with E-state index in [1.165, 1.54) is 6.92 Å². The topological polar surface area (TPSA) is 69.6 Å². The van der Waals surface area contributed by atoms with E-state index in [2.05, 4.69) is 23.5 Å². The number of hydrogen-bond acceptors (Lipinski definition) is 3. The summed E-state index contributed by atoms with van der Waals surface area (Å²) < 4.78 is 0. The van der Waals surface area contributed by atoms with E-state index in [1.807, 2.05) is 19.1 Å². The summed E-state index contributed by atoms with van der Waals surface area (Å²) >= 11 is 0. The van der Waals surface area contributed by atoms with Crippen LogP contribution in [0, 0.1) is 0 Å². The summed E-state index contributed by atoms with van der Waals surface area (Å²) in [6.45, 7) is 3.09. The highest BCUT2D eigenvalue weighted by Gasteiger charge is 2.15. The van der Waals surface area contributed by atoms with Gasteiger partial charge in [-0.3, -0.25) is 4.79 Å². The maximum atomic E-state index is 10.9. The molecule has 0 saturated carbocycles. The molecule has 0 radical (unpaired) electrons. The zero-order valence-electron chi connectivity index (χ0n) is 12.5. The molecule has 0 spiro atoms. The SMILES string of the molecule is C/C=C/CC/C=C/CC/C=C/C(O)C(CO)NC(C)=O. The van der Waals surface area contributed by atoms with Crippen molar-refractivity contribution in [2.24, 2.45) is 0 Å². The molecule has 2 unspecified atom stereocenters. The number of rotatable bonds is 10. The molecule has 20 heavy (non-hydrogen) atoms. The third-order valence-electron chi connectivity index (χ3n) is 2.73. The summed E-state index contributed by atoms with van der Waals surface area (Å²) in [4.78, 5) is 10.9. The van der Waals surface area contributed by atoms with Crippen molar-refractivity contribution in [1.82, 2.24) is 5.32 Å². The third kappa shape index (κ3) is 10.5. The summed E-state index contributed by atoms with van der Waals surface area (Å²) in [5.41, 5.74) is 0. The molecule has 0 aromatic rings.